The zero-order valence-electron chi connectivity index (χ0n) is 15.7. The molecule has 3 rings (SSSR count). The molecule has 0 saturated heterocycles. The Balaban J connectivity index is 1.80. The van der Waals surface area contributed by atoms with Gasteiger partial charge < -0.3 is 9.30 Å². The normalized spacial score (nSPS) is 11.0. The molecule has 1 aromatic heterocycles. The number of aromatic nitrogens is 1. The predicted octanol–water partition coefficient (Wildman–Crippen LogP) is 5.17. The van der Waals surface area contributed by atoms with Crippen molar-refractivity contribution in [2.24, 2.45) is 5.10 Å². The molecule has 0 atom stereocenters. The first-order chi connectivity index (χ1) is 13.4. The van der Waals surface area contributed by atoms with Crippen LogP contribution in [-0.2, 0) is 0 Å². The minimum atomic E-state index is -0.315. The molecule has 0 fully saturated rings. The number of nitrogens with zero attached hydrogens (tertiary/aromatic N) is 2. The molecule has 0 unspecified atom stereocenters. The van der Waals surface area contributed by atoms with Crippen LogP contribution in [0.25, 0.3) is 5.69 Å². The van der Waals surface area contributed by atoms with Gasteiger partial charge in [-0.05, 0) is 56.3 Å². The van der Waals surface area contributed by atoms with Crippen LogP contribution < -0.4 is 10.2 Å². The van der Waals surface area contributed by atoms with Crippen LogP contribution in [0, 0.1) is 13.8 Å². The zero-order chi connectivity index (χ0) is 20.3. The van der Waals surface area contributed by atoms with Crippen molar-refractivity contribution < 1.29 is 9.53 Å². The monoisotopic (exact) mass is 415 g/mol. The maximum absolute atomic E-state index is 12.2. The van der Waals surface area contributed by atoms with Gasteiger partial charge in [0, 0.05) is 27.5 Å². The SMILES string of the molecule is COc1cccc(C(=O)N/N=C\c2cc(C)n(-c3ccc(Cl)cc3Cl)c2C)c1. The van der Waals surface area contributed by atoms with Crippen molar-refractivity contribution in [1.82, 2.24) is 9.99 Å². The van der Waals surface area contributed by atoms with E-state index in [0.29, 0.717) is 21.4 Å². The smallest absolute Gasteiger partial charge is 0.271 e. The van der Waals surface area contributed by atoms with Crippen LogP contribution in [0.4, 0.5) is 0 Å². The average molecular weight is 416 g/mol. The zero-order valence-corrected chi connectivity index (χ0v) is 17.2. The maximum Gasteiger partial charge on any atom is 0.271 e. The van der Waals surface area contributed by atoms with E-state index in [0.717, 1.165) is 22.6 Å². The highest BCUT2D eigenvalue weighted by Gasteiger charge is 2.12. The Labute approximate surface area is 173 Å². The number of methoxy groups -OCH3 is 1. The van der Waals surface area contributed by atoms with Crippen LogP contribution in [0.1, 0.15) is 27.3 Å². The molecule has 0 spiro atoms. The minimum absolute atomic E-state index is 0.315. The molecular formula is C21H19Cl2N3O2. The van der Waals surface area contributed by atoms with Gasteiger partial charge in [0.2, 0.25) is 0 Å². The molecular weight excluding hydrogens is 397 g/mol. The Morgan fingerprint density at radius 1 is 1.14 bits per heavy atom. The van der Waals surface area contributed by atoms with Crippen molar-refractivity contribution in [2.45, 2.75) is 13.8 Å². The third-order valence-corrected chi connectivity index (χ3v) is 4.86. The van der Waals surface area contributed by atoms with Gasteiger partial charge >= 0.3 is 0 Å². The molecule has 28 heavy (non-hydrogen) atoms. The van der Waals surface area contributed by atoms with E-state index in [-0.39, 0.29) is 5.91 Å². The number of hydrogen-bond acceptors (Lipinski definition) is 3. The van der Waals surface area contributed by atoms with Crippen molar-refractivity contribution in [3.63, 3.8) is 0 Å². The van der Waals surface area contributed by atoms with Gasteiger partial charge in [0.1, 0.15) is 5.75 Å². The van der Waals surface area contributed by atoms with Crippen molar-refractivity contribution in [1.29, 1.82) is 0 Å². The van der Waals surface area contributed by atoms with Crippen LogP contribution >= 0.6 is 23.2 Å². The summed E-state index contributed by atoms with van der Waals surface area (Å²) in [4.78, 5) is 12.2. The molecule has 1 N–H and O–H groups in total. The first-order valence-corrected chi connectivity index (χ1v) is 9.28. The van der Waals surface area contributed by atoms with Gasteiger partial charge in [0.15, 0.2) is 0 Å². The van der Waals surface area contributed by atoms with Crippen LogP contribution in [-0.4, -0.2) is 23.8 Å². The van der Waals surface area contributed by atoms with Crippen molar-refractivity contribution in [3.8, 4) is 11.4 Å². The topological polar surface area (TPSA) is 55.6 Å². The van der Waals surface area contributed by atoms with E-state index in [1.54, 1.807) is 49.7 Å². The molecule has 3 aromatic rings. The van der Waals surface area contributed by atoms with E-state index < -0.39 is 0 Å². The molecule has 0 aliphatic rings. The number of nitrogens with one attached hydrogen (secondary N) is 1. The van der Waals surface area contributed by atoms with E-state index in [1.807, 2.05) is 30.5 Å². The number of carbonyl (C=O) groups is 1. The number of hydrogen-bond donors (Lipinski definition) is 1. The number of ether oxygens (including phenoxy) is 1. The van der Waals surface area contributed by atoms with Crippen molar-refractivity contribution in [2.75, 3.05) is 7.11 Å². The summed E-state index contributed by atoms with van der Waals surface area (Å²) >= 11 is 12.3. The Hall–Kier alpha value is -2.76. The fraction of sp³-hybridized carbons (Fsp3) is 0.143. The molecule has 2 aromatic carbocycles. The van der Waals surface area contributed by atoms with Crippen molar-refractivity contribution >= 4 is 35.3 Å². The molecule has 0 aliphatic carbocycles. The first-order valence-electron chi connectivity index (χ1n) is 8.52. The Morgan fingerprint density at radius 3 is 2.64 bits per heavy atom. The molecule has 0 bridgehead atoms. The number of aryl methyl sites for hydroxylation is 1. The lowest BCUT2D eigenvalue weighted by Gasteiger charge is -2.11. The number of benzene rings is 2. The molecule has 0 radical (unpaired) electrons. The fourth-order valence-electron chi connectivity index (χ4n) is 2.94. The fourth-order valence-corrected chi connectivity index (χ4v) is 3.43. The summed E-state index contributed by atoms with van der Waals surface area (Å²) in [6.07, 6.45) is 1.61. The second-order valence-electron chi connectivity index (χ2n) is 6.19. The van der Waals surface area contributed by atoms with E-state index in [1.165, 1.54) is 0 Å². The molecule has 1 amide bonds. The number of rotatable bonds is 5. The number of amides is 1. The summed E-state index contributed by atoms with van der Waals surface area (Å²) in [6, 6.07) is 14.2. The minimum Gasteiger partial charge on any atom is -0.497 e. The predicted molar refractivity (Wildman–Crippen MR) is 113 cm³/mol. The van der Waals surface area contributed by atoms with Crippen LogP contribution in [0.15, 0.2) is 53.6 Å². The molecule has 1 heterocycles. The highest BCUT2D eigenvalue weighted by molar-refractivity contribution is 6.35. The quantitative estimate of drug-likeness (QED) is 0.461. The van der Waals surface area contributed by atoms with E-state index in [2.05, 4.69) is 10.5 Å². The lowest BCUT2D eigenvalue weighted by Crippen LogP contribution is -2.17. The van der Waals surface area contributed by atoms with Crippen molar-refractivity contribution in [3.05, 3.63) is 81.1 Å². The maximum atomic E-state index is 12.2. The third kappa shape index (κ3) is 4.21. The standard InChI is InChI=1S/C21H19Cl2N3O2/c1-13-9-16(14(2)26(13)20-8-7-17(22)11-19(20)23)12-24-25-21(27)15-5-4-6-18(10-15)28-3/h4-12H,1-3H3,(H,25,27)/b24-12-. The molecule has 5 nitrogen and oxygen atoms in total. The summed E-state index contributed by atoms with van der Waals surface area (Å²) in [5.74, 6) is 0.296. The van der Waals surface area contributed by atoms with Gasteiger partial charge in [-0.25, -0.2) is 5.43 Å². The van der Waals surface area contributed by atoms with E-state index in [4.69, 9.17) is 27.9 Å². The van der Waals surface area contributed by atoms with Gasteiger partial charge in [-0.1, -0.05) is 29.3 Å². The third-order valence-electron chi connectivity index (χ3n) is 4.32. The average Bonchev–Trinajstić information content (AvgIpc) is 2.95. The summed E-state index contributed by atoms with van der Waals surface area (Å²) < 4.78 is 7.15. The first kappa shape index (κ1) is 20.0. The Kier molecular flexibility index (Phi) is 6.07. The largest absolute Gasteiger partial charge is 0.497 e. The summed E-state index contributed by atoms with van der Waals surface area (Å²) in [5, 5.41) is 5.23. The summed E-state index contributed by atoms with van der Waals surface area (Å²) in [5.41, 5.74) is 6.64. The highest BCUT2D eigenvalue weighted by Crippen LogP contribution is 2.28. The van der Waals surface area contributed by atoms with Gasteiger partial charge in [0.25, 0.3) is 5.91 Å². The number of halogens is 2. The summed E-state index contributed by atoms with van der Waals surface area (Å²) in [6.45, 7) is 3.94. The van der Waals surface area contributed by atoms with Gasteiger partial charge in [0.05, 0.1) is 24.0 Å². The molecule has 7 heteroatoms. The molecule has 0 aliphatic heterocycles. The van der Waals surface area contributed by atoms with Crippen LogP contribution in [0.5, 0.6) is 5.75 Å². The Morgan fingerprint density at radius 2 is 1.93 bits per heavy atom. The summed E-state index contributed by atoms with van der Waals surface area (Å²) in [7, 11) is 1.55. The van der Waals surface area contributed by atoms with E-state index >= 15 is 0 Å². The lowest BCUT2D eigenvalue weighted by molar-refractivity contribution is 0.0955. The lowest BCUT2D eigenvalue weighted by atomic mass is 10.2. The van der Waals surface area contributed by atoms with Gasteiger partial charge in [-0.3, -0.25) is 4.79 Å². The van der Waals surface area contributed by atoms with Gasteiger partial charge in [-0.15, -0.1) is 0 Å². The van der Waals surface area contributed by atoms with Crippen LogP contribution in [0.2, 0.25) is 10.0 Å². The second kappa shape index (κ2) is 8.50. The number of carbonyl (C=O) groups excluding carboxylic acids is 1. The highest BCUT2D eigenvalue weighted by atomic mass is 35.5. The van der Waals surface area contributed by atoms with E-state index in [9.17, 15) is 4.79 Å². The van der Waals surface area contributed by atoms with Gasteiger partial charge in [-0.2, -0.15) is 5.10 Å². The molecule has 144 valence electrons. The Bertz CT molecular complexity index is 1060. The second-order valence-corrected chi connectivity index (χ2v) is 7.03. The number of hydrazone groups is 1. The molecule has 0 saturated carbocycles. The van der Waals surface area contributed by atoms with Crippen LogP contribution in [0.3, 0.4) is 0 Å².